The van der Waals surface area contributed by atoms with Crippen molar-refractivity contribution in [3.8, 4) is 35.5 Å². The smallest absolute Gasteiger partial charge is 0.319 e. The van der Waals surface area contributed by atoms with E-state index >= 15 is 8.78 Å². The minimum Gasteiger partial charge on any atom is -0.475 e. The fraction of sp³-hybridized carbons (Fsp3) is 0.452. The van der Waals surface area contributed by atoms with Crippen LogP contribution in [0.3, 0.4) is 0 Å². The van der Waals surface area contributed by atoms with Crippen molar-refractivity contribution in [2.75, 3.05) is 31.2 Å². The maximum Gasteiger partial charge on any atom is 0.319 e. The summed E-state index contributed by atoms with van der Waals surface area (Å²) in [5.74, 6) is 1.76. The van der Waals surface area contributed by atoms with Gasteiger partial charge in [-0.15, -0.1) is 6.42 Å². The molecule has 288 valence electrons. The first-order valence-electron chi connectivity index (χ1n) is 19.5. The molecule has 5 aliphatic rings. The van der Waals surface area contributed by atoms with E-state index in [1.165, 1.54) is 18.5 Å². The summed E-state index contributed by atoms with van der Waals surface area (Å²) in [6.45, 7) is 1.97. The highest BCUT2D eigenvalue weighted by Crippen LogP contribution is 2.45. The van der Waals surface area contributed by atoms with Crippen LogP contribution in [0, 0.1) is 24.0 Å². The summed E-state index contributed by atoms with van der Waals surface area (Å²) in [5.41, 5.74) is 0.498. The van der Waals surface area contributed by atoms with Gasteiger partial charge in [-0.3, -0.25) is 4.90 Å². The third kappa shape index (κ3) is 5.72. The van der Waals surface area contributed by atoms with Crippen LogP contribution in [0.4, 0.5) is 23.4 Å². The molecule has 10 nitrogen and oxygen atoms in total. The lowest BCUT2D eigenvalue weighted by Crippen LogP contribution is -2.58. The average molecular weight is 765 g/mol. The Bertz CT molecular complexity index is 2410. The van der Waals surface area contributed by atoms with Gasteiger partial charge >= 0.3 is 6.01 Å². The lowest BCUT2D eigenvalue weighted by atomic mass is 9.93. The summed E-state index contributed by atoms with van der Waals surface area (Å²) >= 11 is 0. The molecule has 8 heterocycles. The number of nitrogens with zero attached hydrogens (tertiary/aromatic N) is 7. The zero-order chi connectivity index (χ0) is 38.1. The van der Waals surface area contributed by atoms with Crippen molar-refractivity contribution >= 4 is 27.5 Å². The second kappa shape index (κ2) is 13.8. The molecule has 56 heavy (non-hydrogen) atoms. The topological polar surface area (TPSA) is 101 Å². The number of aryl methyl sites for hydroxylation is 1. The second-order valence-corrected chi connectivity index (χ2v) is 15.8. The molecule has 3 aromatic heterocycles. The van der Waals surface area contributed by atoms with Crippen LogP contribution in [0.5, 0.6) is 11.9 Å². The van der Waals surface area contributed by atoms with E-state index in [0.29, 0.717) is 51.7 Å². The SMILES string of the molecule is C#Cc1c(F)ccc2cccc(-c3nc4c5c(nc(OC[C@@]67CCCN6[C@H](COc6nccnc6C(F)F)CC7)nc5c3F)N3C[C@H]5CC[C@H](N5)[C@H]3CCC4)c12. The van der Waals surface area contributed by atoms with Crippen LogP contribution in [0.2, 0.25) is 0 Å². The molecule has 14 heteroatoms. The molecule has 4 fully saturated rings. The van der Waals surface area contributed by atoms with Crippen LogP contribution >= 0.6 is 0 Å². The Morgan fingerprint density at radius 1 is 0.964 bits per heavy atom. The zero-order valence-electron chi connectivity index (χ0n) is 30.7. The van der Waals surface area contributed by atoms with E-state index in [9.17, 15) is 8.78 Å². The molecule has 4 saturated heterocycles. The first-order chi connectivity index (χ1) is 27.3. The Balaban J connectivity index is 1.04. The minimum atomic E-state index is -2.79. The van der Waals surface area contributed by atoms with Crippen LogP contribution in [-0.4, -0.2) is 85.8 Å². The van der Waals surface area contributed by atoms with E-state index in [0.717, 1.165) is 64.5 Å². The lowest BCUT2D eigenvalue weighted by Gasteiger charge is -2.43. The third-order valence-electron chi connectivity index (χ3n) is 12.8. The number of nitrogens with one attached hydrogen (secondary N) is 1. The van der Waals surface area contributed by atoms with Crippen LogP contribution in [0.1, 0.15) is 74.7 Å². The van der Waals surface area contributed by atoms with Crippen molar-refractivity contribution < 1.29 is 27.0 Å². The number of halogens is 4. The van der Waals surface area contributed by atoms with Gasteiger partial charge in [0.2, 0.25) is 5.88 Å². The van der Waals surface area contributed by atoms with Gasteiger partial charge in [0, 0.05) is 54.1 Å². The first-order valence-corrected chi connectivity index (χ1v) is 19.5. The number of benzene rings is 2. The Morgan fingerprint density at radius 2 is 1.86 bits per heavy atom. The Morgan fingerprint density at radius 3 is 2.73 bits per heavy atom. The van der Waals surface area contributed by atoms with E-state index in [2.05, 4.69) is 31.0 Å². The third-order valence-corrected chi connectivity index (χ3v) is 12.8. The Labute approximate surface area is 321 Å². The molecule has 0 aliphatic carbocycles. The monoisotopic (exact) mass is 764 g/mol. The highest BCUT2D eigenvalue weighted by Gasteiger charge is 2.50. The fourth-order valence-corrected chi connectivity index (χ4v) is 10.3. The van der Waals surface area contributed by atoms with Crippen molar-refractivity contribution in [3.63, 3.8) is 0 Å². The normalized spacial score (nSPS) is 25.6. The molecule has 5 atom stereocenters. The van der Waals surface area contributed by atoms with Gasteiger partial charge in [0.05, 0.1) is 22.2 Å². The fourth-order valence-electron chi connectivity index (χ4n) is 10.3. The van der Waals surface area contributed by atoms with E-state index < -0.39 is 23.8 Å². The minimum absolute atomic E-state index is 0.0382. The number of aromatic nitrogens is 5. The summed E-state index contributed by atoms with van der Waals surface area (Å²) in [5, 5.41) is 5.48. The van der Waals surface area contributed by atoms with Gasteiger partial charge in [0.15, 0.2) is 11.5 Å². The highest BCUT2D eigenvalue weighted by molar-refractivity contribution is 6.02. The van der Waals surface area contributed by atoms with Crippen molar-refractivity contribution in [1.29, 1.82) is 0 Å². The number of ether oxygens (including phenoxy) is 2. The molecule has 10 rings (SSSR count). The van der Waals surface area contributed by atoms with Gasteiger partial charge in [-0.05, 0) is 75.8 Å². The number of fused-ring (bicyclic) bond motifs is 7. The zero-order valence-corrected chi connectivity index (χ0v) is 30.7. The van der Waals surface area contributed by atoms with Gasteiger partial charge in [0.1, 0.15) is 36.1 Å². The van der Waals surface area contributed by atoms with Gasteiger partial charge in [-0.25, -0.2) is 32.5 Å². The molecular weight excluding hydrogens is 725 g/mol. The van der Waals surface area contributed by atoms with Crippen molar-refractivity contribution in [2.24, 2.45) is 0 Å². The number of rotatable bonds is 8. The van der Waals surface area contributed by atoms with Gasteiger partial charge < -0.3 is 19.7 Å². The second-order valence-electron chi connectivity index (χ2n) is 15.8. The lowest BCUT2D eigenvalue weighted by molar-refractivity contribution is 0.0661. The van der Waals surface area contributed by atoms with Gasteiger partial charge in [0.25, 0.3) is 6.43 Å². The molecule has 0 amide bonds. The maximum atomic E-state index is 17.4. The van der Waals surface area contributed by atoms with E-state index in [1.54, 1.807) is 18.2 Å². The summed E-state index contributed by atoms with van der Waals surface area (Å²) in [4.78, 5) is 27.4. The van der Waals surface area contributed by atoms with E-state index in [-0.39, 0.29) is 59.5 Å². The number of hydrogen-bond donors (Lipinski definition) is 1. The average Bonchev–Trinajstić information content (AvgIpc) is 3.91. The van der Waals surface area contributed by atoms with Crippen molar-refractivity contribution in [1.82, 2.24) is 35.1 Å². The van der Waals surface area contributed by atoms with Gasteiger partial charge in [-0.2, -0.15) is 9.97 Å². The quantitative estimate of drug-likeness (QED) is 0.132. The predicted molar refractivity (Wildman–Crippen MR) is 202 cm³/mol. The van der Waals surface area contributed by atoms with Crippen LogP contribution in [-0.2, 0) is 6.42 Å². The first kappa shape index (κ1) is 35.3. The van der Waals surface area contributed by atoms with E-state index in [1.807, 2.05) is 6.07 Å². The predicted octanol–water partition coefficient (Wildman–Crippen LogP) is 6.93. The summed E-state index contributed by atoms with van der Waals surface area (Å²) in [6, 6.07) is 9.12. The molecule has 5 aromatic rings. The molecular formula is C42H40F4N8O2. The highest BCUT2D eigenvalue weighted by atomic mass is 19.3. The number of piperazine rings is 1. The molecule has 0 saturated carbocycles. The Kier molecular flexibility index (Phi) is 8.70. The molecule has 0 unspecified atom stereocenters. The summed E-state index contributed by atoms with van der Waals surface area (Å²) < 4.78 is 72.1. The number of hydrogen-bond acceptors (Lipinski definition) is 10. The molecule has 2 aromatic carbocycles. The van der Waals surface area contributed by atoms with Crippen molar-refractivity contribution in [2.45, 2.75) is 93.9 Å². The Hall–Kier alpha value is -5.13. The molecule has 0 spiro atoms. The number of terminal acetylenes is 1. The standard InChI is InChI=1S/C42H40F4N8O2/c1-2-26-28(43)12-10-23-6-3-7-27(32(23)26)35-34(44)36-33-30(50-35)8-4-9-31-29-13-11-24(49-29)20-53(31)39(33)52-41(51-36)56-22-42-15-5-19-54(42)25(14-16-42)21-55-40-37(38(45)46)47-17-18-48-40/h1,3,6-7,10,12,17-18,24-25,29,31,38,49H,4-5,8-9,11,13-16,19-22H2/t24-,25+,29+,31-,42+/m1/s1. The maximum absolute atomic E-state index is 17.4. The van der Waals surface area contributed by atoms with Gasteiger partial charge in [-0.1, -0.05) is 30.2 Å². The summed E-state index contributed by atoms with van der Waals surface area (Å²) in [6.07, 6.45) is 13.5. The van der Waals surface area contributed by atoms with Crippen LogP contribution in [0.15, 0.2) is 42.7 Å². The largest absolute Gasteiger partial charge is 0.475 e. The molecule has 2 bridgehead atoms. The van der Waals surface area contributed by atoms with Crippen LogP contribution in [0.25, 0.3) is 32.9 Å². The summed E-state index contributed by atoms with van der Waals surface area (Å²) in [7, 11) is 0. The molecule has 5 aliphatic heterocycles. The molecule has 0 radical (unpaired) electrons. The number of pyridine rings is 1. The number of anilines is 1. The van der Waals surface area contributed by atoms with Crippen molar-refractivity contribution in [3.05, 3.63) is 71.3 Å². The van der Waals surface area contributed by atoms with Crippen LogP contribution < -0.4 is 19.7 Å². The molecule has 1 N–H and O–H groups in total. The number of alkyl halides is 2. The van der Waals surface area contributed by atoms with E-state index in [4.69, 9.17) is 30.8 Å².